The van der Waals surface area contributed by atoms with Gasteiger partial charge in [-0.3, -0.25) is 4.18 Å². The van der Waals surface area contributed by atoms with Gasteiger partial charge in [0.25, 0.3) is 10.1 Å². The Balaban J connectivity index is 1.83. The van der Waals surface area contributed by atoms with Gasteiger partial charge in [-0.1, -0.05) is 0 Å². The zero-order valence-corrected chi connectivity index (χ0v) is 17.6. The van der Waals surface area contributed by atoms with Crippen LogP contribution in [0.3, 0.4) is 0 Å². The minimum Gasteiger partial charge on any atom is -0.444 e. The topological polar surface area (TPSA) is 98.7 Å². The van der Waals surface area contributed by atoms with Gasteiger partial charge in [-0.2, -0.15) is 8.42 Å². The van der Waals surface area contributed by atoms with Gasteiger partial charge in [-0.15, -0.1) is 0 Å². The van der Waals surface area contributed by atoms with Gasteiger partial charge < -0.3 is 9.64 Å². The van der Waals surface area contributed by atoms with Gasteiger partial charge in [-0.25, -0.2) is 14.8 Å². The van der Waals surface area contributed by atoms with E-state index in [2.05, 4.69) is 25.9 Å². The van der Waals surface area contributed by atoms with Gasteiger partial charge in [0.05, 0.1) is 16.3 Å². The SMILES string of the molecule is CC(C)(C)OC(=O)N1CCC12CC(OS(C)(=O)=O)(c1ncc(Br)cn1)C2. The highest BCUT2D eigenvalue weighted by Gasteiger charge is 2.67. The van der Waals surface area contributed by atoms with E-state index in [1.54, 1.807) is 17.3 Å². The standard InChI is InChI=1S/C16H22BrN3O5S/c1-14(2,3)24-13(21)20-6-5-15(20)9-16(10-15,25-26(4,22)23)12-18-7-11(17)8-19-12/h7-8H,5-6,9-10H2,1-4H3. The third kappa shape index (κ3) is 3.72. The van der Waals surface area contributed by atoms with Crippen LogP contribution in [0.5, 0.6) is 0 Å². The zero-order valence-electron chi connectivity index (χ0n) is 15.2. The molecule has 3 rings (SSSR count). The smallest absolute Gasteiger partial charge is 0.410 e. The summed E-state index contributed by atoms with van der Waals surface area (Å²) in [6.07, 6.45) is 5.10. The third-order valence-corrected chi connectivity index (χ3v) is 5.59. The molecule has 1 saturated carbocycles. The Hall–Kier alpha value is -1.26. The summed E-state index contributed by atoms with van der Waals surface area (Å²) in [4.78, 5) is 22.5. The summed E-state index contributed by atoms with van der Waals surface area (Å²) in [6, 6.07) is 0. The van der Waals surface area contributed by atoms with Gasteiger partial charge >= 0.3 is 6.09 Å². The van der Waals surface area contributed by atoms with E-state index in [0.717, 1.165) is 12.7 Å². The molecule has 0 radical (unpaired) electrons. The summed E-state index contributed by atoms with van der Waals surface area (Å²) in [5.74, 6) is 0.299. The lowest BCUT2D eigenvalue weighted by atomic mass is 9.58. The number of ether oxygens (including phenoxy) is 1. The normalized spacial score (nSPS) is 28.4. The van der Waals surface area contributed by atoms with Crippen LogP contribution in [-0.4, -0.2) is 53.3 Å². The Kier molecular flexibility index (Phi) is 4.60. The molecule has 144 valence electrons. The van der Waals surface area contributed by atoms with Crippen LogP contribution in [0.2, 0.25) is 0 Å². The third-order valence-electron chi connectivity index (χ3n) is 4.56. The molecule has 8 nitrogen and oxygen atoms in total. The van der Waals surface area contributed by atoms with Gasteiger partial charge in [0.15, 0.2) is 11.4 Å². The Bertz CT molecular complexity index is 813. The second-order valence-corrected chi connectivity index (χ2v) is 10.5. The molecule has 2 fully saturated rings. The van der Waals surface area contributed by atoms with Crippen molar-refractivity contribution in [1.82, 2.24) is 14.9 Å². The number of halogens is 1. The van der Waals surface area contributed by atoms with Crippen molar-refractivity contribution < 1.29 is 22.1 Å². The predicted octanol–water partition coefficient (Wildman–Crippen LogP) is 2.58. The first kappa shape index (κ1) is 19.5. The first-order chi connectivity index (χ1) is 11.8. The van der Waals surface area contributed by atoms with E-state index in [1.165, 1.54) is 0 Å². The van der Waals surface area contributed by atoms with Crippen LogP contribution in [0.1, 0.15) is 45.9 Å². The number of carbonyl (C=O) groups excluding carboxylic acids is 1. The largest absolute Gasteiger partial charge is 0.444 e. The van der Waals surface area contributed by atoms with Crippen molar-refractivity contribution in [2.45, 2.75) is 56.8 Å². The van der Waals surface area contributed by atoms with E-state index < -0.39 is 33.0 Å². The summed E-state index contributed by atoms with van der Waals surface area (Å²) >= 11 is 3.26. The molecule has 0 unspecified atom stereocenters. The monoisotopic (exact) mass is 447 g/mol. The first-order valence-electron chi connectivity index (χ1n) is 8.24. The van der Waals surface area contributed by atoms with Crippen LogP contribution in [0.25, 0.3) is 0 Å². The van der Waals surface area contributed by atoms with E-state index in [4.69, 9.17) is 8.92 Å². The van der Waals surface area contributed by atoms with Crippen molar-refractivity contribution in [2.24, 2.45) is 0 Å². The fraction of sp³-hybridized carbons (Fsp3) is 0.688. The summed E-state index contributed by atoms with van der Waals surface area (Å²) in [5.41, 5.74) is -2.22. The molecular weight excluding hydrogens is 426 g/mol. The summed E-state index contributed by atoms with van der Waals surface area (Å²) in [5, 5.41) is 0. The molecule has 0 aromatic carbocycles. The van der Waals surface area contributed by atoms with Gasteiger partial charge in [0.2, 0.25) is 0 Å². The second-order valence-electron chi connectivity index (χ2n) is 7.97. The minimum absolute atomic E-state index is 0.299. The maximum atomic E-state index is 12.4. The molecule has 1 saturated heterocycles. The lowest BCUT2D eigenvalue weighted by Gasteiger charge is -2.63. The Morgan fingerprint density at radius 2 is 1.85 bits per heavy atom. The number of aromatic nitrogens is 2. The van der Waals surface area contributed by atoms with Crippen molar-refractivity contribution in [3.8, 4) is 0 Å². The van der Waals surface area contributed by atoms with Crippen LogP contribution in [0.15, 0.2) is 16.9 Å². The summed E-state index contributed by atoms with van der Waals surface area (Å²) in [6.45, 7) is 6.01. The van der Waals surface area contributed by atoms with Gasteiger partial charge in [0.1, 0.15) is 5.60 Å². The molecule has 2 aliphatic rings. The number of nitrogens with zero attached hydrogens (tertiary/aromatic N) is 3. The van der Waals surface area contributed by atoms with Crippen LogP contribution in [0, 0.1) is 0 Å². The molecule has 1 aliphatic heterocycles. The molecule has 26 heavy (non-hydrogen) atoms. The van der Waals surface area contributed by atoms with Crippen LogP contribution < -0.4 is 0 Å². The molecular formula is C16H22BrN3O5S. The second kappa shape index (κ2) is 6.13. The molecule has 2 heterocycles. The van der Waals surface area contributed by atoms with Crippen molar-refractivity contribution in [3.05, 3.63) is 22.7 Å². The fourth-order valence-electron chi connectivity index (χ4n) is 3.61. The number of amides is 1. The molecule has 1 aromatic heterocycles. The van der Waals surface area contributed by atoms with E-state index >= 15 is 0 Å². The maximum Gasteiger partial charge on any atom is 0.410 e. The van der Waals surface area contributed by atoms with Crippen LogP contribution in [0.4, 0.5) is 4.79 Å². The lowest BCUT2D eigenvalue weighted by molar-refractivity contribution is -0.177. The fourth-order valence-corrected chi connectivity index (χ4v) is 4.59. The summed E-state index contributed by atoms with van der Waals surface area (Å²) < 4.78 is 35.2. The average Bonchev–Trinajstić information content (AvgIpc) is 2.38. The van der Waals surface area contributed by atoms with Crippen molar-refractivity contribution in [2.75, 3.05) is 12.8 Å². The van der Waals surface area contributed by atoms with E-state index in [1.807, 2.05) is 20.8 Å². The van der Waals surface area contributed by atoms with Crippen molar-refractivity contribution in [1.29, 1.82) is 0 Å². The van der Waals surface area contributed by atoms with Crippen molar-refractivity contribution >= 4 is 32.1 Å². The molecule has 1 spiro atoms. The molecule has 1 aromatic rings. The molecule has 0 N–H and O–H groups in total. The molecule has 0 atom stereocenters. The minimum atomic E-state index is -3.73. The number of hydrogen-bond acceptors (Lipinski definition) is 7. The highest BCUT2D eigenvalue weighted by molar-refractivity contribution is 9.10. The van der Waals surface area contributed by atoms with E-state index in [0.29, 0.717) is 29.7 Å². The zero-order chi connectivity index (χ0) is 19.4. The highest BCUT2D eigenvalue weighted by Crippen LogP contribution is 2.59. The lowest BCUT2D eigenvalue weighted by Crippen LogP contribution is -2.73. The number of likely N-dealkylation sites (tertiary alicyclic amines) is 1. The van der Waals surface area contributed by atoms with Gasteiger partial charge in [0, 0.05) is 31.8 Å². The molecule has 1 aliphatic carbocycles. The van der Waals surface area contributed by atoms with Crippen LogP contribution >= 0.6 is 15.9 Å². The molecule has 10 heteroatoms. The van der Waals surface area contributed by atoms with Gasteiger partial charge in [-0.05, 0) is 43.1 Å². The molecule has 0 bridgehead atoms. The first-order valence-corrected chi connectivity index (χ1v) is 10.8. The summed E-state index contributed by atoms with van der Waals surface area (Å²) in [7, 11) is -3.73. The van der Waals surface area contributed by atoms with E-state index in [-0.39, 0.29) is 0 Å². The van der Waals surface area contributed by atoms with E-state index in [9.17, 15) is 13.2 Å². The highest BCUT2D eigenvalue weighted by atomic mass is 79.9. The Morgan fingerprint density at radius 1 is 1.27 bits per heavy atom. The number of hydrogen-bond donors (Lipinski definition) is 0. The average molecular weight is 448 g/mol. The maximum absolute atomic E-state index is 12.4. The van der Waals surface area contributed by atoms with Crippen LogP contribution in [-0.2, 0) is 24.6 Å². The quantitative estimate of drug-likeness (QED) is 0.656. The number of carbonyl (C=O) groups is 1. The molecule has 1 amide bonds. The number of rotatable bonds is 3. The predicted molar refractivity (Wildman–Crippen MR) is 96.9 cm³/mol. The Labute approximate surface area is 161 Å². The Morgan fingerprint density at radius 3 is 2.27 bits per heavy atom. The van der Waals surface area contributed by atoms with Crippen molar-refractivity contribution in [3.63, 3.8) is 0 Å².